The van der Waals surface area contributed by atoms with Crippen LogP contribution in [0.4, 0.5) is 0 Å². The summed E-state index contributed by atoms with van der Waals surface area (Å²) in [4.78, 5) is 0. The number of hydrogen-bond donors (Lipinski definition) is 0. The van der Waals surface area contributed by atoms with E-state index in [-0.39, 0.29) is 58.7 Å². The van der Waals surface area contributed by atoms with Gasteiger partial charge in [0, 0.05) is 51.3 Å². The molecular formula is C18H40SVY-2. The molecule has 0 aliphatic carbocycles. The number of rotatable bonds is 2. The fourth-order valence-corrected chi connectivity index (χ4v) is 0.930. The van der Waals surface area contributed by atoms with Gasteiger partial charge in [0.25, 0.3) is 0 Å². The summed E-state index contributed by atoms with van der Waals surface area (Å²) in [6.45, 7) is 22.1. The Bertz CT molecular complexity index is 152. The Morgan fingerprint density at radius 1 is 0.857 bits per heavy atom. The summed E-state index contributed by atoms with van der Waals surface area (Å²) >= 11 is 1.71. The van der Waals surface area contributed by atoms with Gasteiger partial charge in [0.15, 0.2) is 0 Å². The second kappa shape index (κ2) is 42.9. The zero-order valence-electron chi connectivity index (χ0n) is 16.4. The first kappa shape index (κ1) is 43.3. The van der Waals surface area contributed by atoms with Crippen LogP contribution in [0.2, 0.25) is 0 Å². The molecule has 0 aromatic carbocycles. The van der Waals surface area contributed by atoms with E-state index < -0.39 is 0 Å². The summed E-state index contributed by atoms with van der Waals surface area (Å²) in [5.74, 6) is 0. The van der Waals surface area contributed by atoms with Crippen molar-refractivity contribution in [1.29, 1.82) is 0 Å². The van der Waals surface area contributed by atoms with E-state index in [2.05, 4.69) is 34.6 Å². The minimum Gasteiger partial charge on any atom is -0.358 e. The molecule has 0 bridgehead atoms. The molecule has 1 aromatic rings. The van der Waals surface area contributed by atoms with Gasteiger partial charge in [0.05, 0.1) is 0 Å². The summed E-state index contributed by atoms with van der Waals surface area (Å²) in [6.07, 6.45) is 2.59. The van der Waals surface area contributed by atoms with Gasteiger partial charge in [-0.3, -0.25) is 0 Å². The van der Waals surface area contributed by atoms with Crippen LogP contribution in [0.25, 0.3) is 0 Å². The normalized spacial score (nSPS) is 6.76. The predicted octanol–water partition coefficient (Wildman–Crippen LogP) is 7.92. The van der Waals surface area contributed by atoms with Gasteiger partial charge in [-0.15, -0.1) is 0 Å². The zero-order valence-corrected chi connectivity index (χ0v) is 21.4. The van der Waals surface area contributed by atoms with Crippen molar-refractivity contribution >= 4 is 11.3 Å². The summed E-state index contributed by atoms with van der Waals surface area (Å²) in [6, 6.07) is 4.04. The topological polar surface area (TPSA) is 0 Å². The van der Waals surface area contributed by atoms with Crippen LogP contribution in [0, 0.1) is 19.8 Å². The minimum atomic E-state index is 0. The van der Waals surface area contributed by atoms with Crippen molar-refractivity contribution in [1.82, 2.24) is 0 Å². The van der Waals surface area contributed by atoms with Crippen molar-refractivity contribution in [3.05, 3.63) is 37.2 Å². The SMILES string of the molecule is CC.CC.CCC(C)(C)CC.[CH2-]C.[CH3-].[V].[Y].c1ccsc1. The molecule has 2 radical (unpaired) electrons. The second-order valence-corrected chi connectivity index (χ2v) is 4.48. The predicted molar refractivity (Wildman–Crippen MR) is 98.8 cm³/mol. The molecule has 0 atom stereocenters. The molecule has 0 aliphatic rings. The third kappa shape index (κ3) is 52.4. The Kier molecular flexibility index (Phi) is 88.4. The zero-order chi connectivity index (χ0) is 15.4. The maximum Gasteiger partial charge on any atom is 0 e. The van der Waals surface area contributed by atoms with Crippen molar-refractivity contribution in [2.75, 3.05) is 0 Å². The second-order valence-electron chi connectivity index (χ2n) is 3.66. The van der Waals surface area contributed by atoms with Crippen LogP contribution in [0.1, 0.15) is 75.2 Å². The Hall–Kier alpha value is 1.39. The molecule has 0 aliphatic heterocycles. The van der Waals surface area contributed by atoms with E-state index in [1.165, 1.54) is 12.8 Å². The van der Waals surface area contributed by atoms with Gasteiger partial charge in [-0.2, -0.15) is 18.3 Å². The van der Waals surface area contributed by atoms with Gasteiger partial charge in [-0.05, 0) is 16.2 Å². The van der Waals surface area contributed by atoms with Gasteiger partial charge >= 0.3 is 0 Å². The Labute approximate surface area is 179 Å². The first-order chi connectivity index (χ1) is 8.62. The maximum absolute atomic E-state index is 3.25. The largest absolute Gasteiger partial charge is 0.358 e. The maximum atomic E-state index is 3.25. The molecule has 1 aromatic heterocycles. The Balaban J connectivity index is -0.0000000252. The molecule has 1 rings (SSSR count). The summed E-state index contributed by atoms with van der Waals surface area (Å²) in [5.41, 5.74) is 0.583. The smallest absolute Gasteiger partial charge is 0 e. The van der Waals surface area contributed by atoms with E-state index in [1.807, 2.05) is 50.6 Å². The van der Waals surface area contributed by atoms with E-state index in [4.69, 9.17) is 0 Å². The molecule has 0 fully saturated rings. The van der Waals surface area contributed by atoms with Crippen LogP contribution in [0.5, 0.6) is 0 Å². The van der Waals surface area contributed by atoms with Crippen LogP contribution in [-0.2, 0) is 51.3 Å². The van der Waals surface area contributed by atoms with Crippen LogP contribution < -0.4 is 0 Å². The fourth-order valence-electron chi connectivity index (χ4n) is 0.477. The van der Waals surface area contributed by atoms with Crippen molar-refractivity contribution in [3.63, 3.8) is 0 Å². The van der Waals surface area contributed by atoms with E-state index in [0.29, 0.717) is 5.41 Å². The molecule has 0 saturated carbocycles. The summed E-state index contributed by atoms with van der Waals surface area (Å²) in [7, 11) is 0. The van der Waals surface area contributed by atoms with Gasteiger partial charge < -0.3 is 14.4 Å². The van der Waals surface area contributed by atoms with Crippen molar-refractivity contribution < 1.29 is 51.3 Å². The molecule has 0 saturated heterocycles. The van der Waals surface area contributed by atoms with Gasteiger partial charge in [-0.1, -0.05) is 80.4 Å². The van der Waals surface area contributed by atoms with Crippen molar-refractivity contribution in [2.24, 2.45) is 5.41 Å². The quantitative estimate of drug-likeness (QED) is 0.420. The van der Waals surface area contributed by atoms with Crippen molar-refractivity contribution in [2.45, 2.75) is 75.2 Å². The number of thiophene rings is 1. The first-order valence-electron chi connectivity index (χ1n) is 7.30. The monoisotopic (exact) mass is 428 g/mol. The van der Waals surface area contributed by atoms with Crippen LogP contribution >= 0.6 is 11.3 Å². The van der Waals surface area contributed by atoms with Gasteiger partial charge in [0.2, 0.25) is 0 Å². The molecule has 1 heterocycles. The number of hydrogen-bond acceptors (Lipinski definition) is 1. The van der Waals surface area contributed by atoms with Gasteiger partial charge in [0.1, 0.15) is 0 Å². The molecule has 0 amide bonds. The third-order valence-electron chi connectivity index (χ3n) is 2.34. The molecule has 0 spiro atoms. The minimum absolute atomic E-state index is 0. The van der Waals surface area contributed by atoms with Crippen LogP contribution in [0.15, 0.2) is 22.9 Å². The standard InChI is InChI=1S/C7H16.C4H4S.2C2H6.C2H5.CH3.V.Y/c1-5-7(3,4)6-2;1-2-4-5-3-1;3*1-2;;;/h5-6H2,1-4H3;1-4H;2*1-2H3;1H2,2H3;1H3;;/q;;;;2*-1;;. The van der Waals surface area contributed by atoms with Crippen molar-refractivity contribution in [3.8, 4) is 0 Å². The molecule has 21 heavy (non-hydrogen) atoms. The molecule has 0 unspecified atom stereocenters. The Morgan fingerprint density at radius 3 is 1.14 bits per heavy atom. The molecule has 0 N–H and O–H groups in total. The first-order valence-corrected chi connectivity index (χ1v) is 8.24. The fraction of sp³-hybridized carbons (Fsp3) is 0.667. The van der Waals surface area contributed by atoms with E-state index in [1.54, 1.807) is 18.3 Å². The van der Waals surface area contributed by atoms with E-state index in [9.17, 15) is 0 Å². The average Bonchev–Trinajstić information content (AvgIpc) is 3.05. The molecule has 128 valence electrons. The average molecular weight is 428 g/mol. The summed E-state index contributed by atoms with van der Waals surface area (Å²) in [5, 5.41) is 4.08. The Morgan fingerprint density at radius 2 is 1.10 bits per heavy atom. The summed E-state index contributed by atoms with van der Waals surface area (Å²) < 4.78 is 0. The molecule has 3 heteroatoms. The van der Waals surface area contributed by atoms with Gasteiger partial charge in [-0.25, -0.2) is 0 Å². The molecular weight excluding hydrogens is 388 g/mol. The molecule has 0 nitrogen and oxygen atoms in total. The van der Waals surface area contributed by atoms with Crippen LogP contribution in [0.3, 0.4) is 0 Å². The third-order valence-corrected chi connectivity index (χ3v) is 2.97. The van der Waals surface area contributed by atoms with E-state index >= 15 is 0 Å². The van der Waals surface area contributed by atoms with E-state index in [0.717, 1.165) is 0 Å². The van der Waals surface area contributed by atoms with Crippen LogP contribution in [-0.4, -0.2) is 0 Å².